The summed E-state index contributed by atoms with van der Waals surface area (Å²) < 4.78 is 29.4. The molecule has 0 spiro atoms. The van der Waals surface area contributed by atoms with Crippen LogP contribution in [0.25, 0.3) is 11.0 Å². The fourth-order valence-electron chi connectivity index (χ4n) is 2.36. The summed E-state index contributed by atoms with van der Waals surface area (Å²) in [6.45, 7) is -0.109. The van der Waals surface area contributed by atoms with Gasteiger partial charge in [0.25, 0.3) is 5.91 Å². The van der Waals surface area contributed by atoms with Crippen molar-refractivity contribution in [2.75, 3.05) is 12.3 Å². The highest BCUT2D eigenvalue weighted by Gasteiger charge is 2.17. The molecule has 6 nitrogen and oxygen atoms in total. The van der Waals surface area contributed by atoms with Crippen LogP contribution in [0.3, 0.4) is 0 Å². The number of sulfone groups is 1. The number of amides is 1. The summed E-state index contributed by atoms with van der Waals surface area (Å²) >= 11 is 0. The number of carbonyl (C=O) groups excluding carboxylic acids is 1. The Bertz CT molecular complexity index is 1070. The second-order valence-electron chi connectivity index (χ2n) is 5.37. The van der Waals surface area contributed by atoms with Gasteiger partial charge in [-0.15, -0.1) is 0 Å². The van der Waals surface area contributed by atoms with Gasteiger partial charge in [-0.25, -0.2) is 13.2 Å². The summed E-state index contributed by atoms with van der Waals surface area (Å²) in [7, 11) is -3.50. The lowest BCUT2D eigenvalue weighted by Gasteiger charge is -2.06. The van der Waals surface area contributed by atoms with Gasteiger partial charge in [-0.05, 0) is 24.3 Å². The van der Waals surface area contributed by atoms with Gasteiger partial charge in [-0.1, -0.05) is 36.4 Å². The monoisotopic (exact) mass is 357 g/mol. The van der Waals surface area contributed by atoms with Crippen LogP contribution in [0.15, 0.2) is 74.8 Å². The topological polar surface area (TPSA) is 93.4 Å². The molecule has 0 bridgehead atoms. The van der Waals surface area contributed by atoms with Crippen LogP contribution >= 0.6 is 0 Å². The van der Waals surface area contributed by atoms with Crippen molar-refractivity contribution in [3.05, 3.63) is 76.6 Å². The van der Waals surface area contributed by atoms with Crippen LogP contribution in [-0.2, 0) is 9.84 Å². The summed E-state index contributed by atoms with van der Waals surface area (Å²) in [5, 5.41) is 3.07. The van der Waals surface area contributed by atoms with Crippen molar-refractivity contribution in [1.82, 2.24) is 5.32 Å². The number of para-hydroxylation sites is 1. The Labute approximate surface area is 144 Å². The Morgan fingerprint density at radius 1 is 1.00 bits per heavy atom. The Morgan fingerprint density at radius 3 is 2.44 bits per heavy atom. The van der Waals surface area contributed by atoms with E-state index < -0.39 is 21.4 Å². The minimum atomic E-state index is -3.50. The average molecular weight is 357 g/mol. The molecule has 1 amide bonds. The zero-order valence-electron chi connectivity index (χ0n) is 13.1. The summed E-state index contributed by atoms with van der Waals surface area (Å²) in [6.07, 6.45) is 0. The minimum Gasteiger partial charge on any atom is -0.422 e. The first-order chi connectivity index (χ1) is 12.0. The molecule has 1 heterocycles. The van der Waals surface area contributed by atoms with Crippen LogP contribution < -0.4 is 10.9 Å². The Balaban J connectivity index is 1.71. The molecular formula is C18H15NO5S. The zero-order valence-corrected chi connectivity index (χ0v) is 14.0. The normalized spacial score (nSPS) is 11.4. The van der Waals surface area contributed by atoms with Crippen molar-refractivity contribution in [3.63, 3.8) is 0 Å². The van der Waals surface area contributed by atoms with E-state index >= 15 is 0 Å². The maximum Gasteiger partial charge on any atom is 0.349 e. The molecular weight excluding hydrogens is 342 g/mol. The third kappa shape index (κ3) is 3.77. The van der Waals surface area contributed by atoms with E-state index in [-0.39, 0.29) is 22.8 Å². The predicted octanol–water partition coefficient (Wildman–Crippen LogP) is 2.00. The molecule has 0 radical (unpaired) electrons. The second kappa shape index (κ2) is 6.90. The van der Waals surface area contributed by atoms with Gasteiger partial charge >= 0.3 is 5.63 Å². The van der Waals surface area contributed by atoms with Crippen LogP contribution in [0, 0.1) is 0 Å². The lowest BCUT2D eigenvalue weighted by molar-refractivity contribution is 0.0952. The third-order valence-corrected chi connectivity index (χ3v) is 5.38. The molecule has 3 rings (SSSR count). The molecule has 25 heavy (non-hydrogen) atoms. The summed E-state index contributed by atoms with van der Waals surface area (Å²) in [6, 6.07) is 16.2. The van der Waals surface area contributed by atoms with Gasteiger partial charge in [0.15, 0.2) is 9.84 Å². The maximum absolute atomic E-state index is 12.2. The first-order valence-corrected chi connectivity index (χ1v) is 9.21. The van der Waals surface area contributed by atoms with Crippen molar-refractivity contribution < 1.29 is 17.6 Å². The molecule has 0 unspecified atom stereocenters. The van der Waals surface area contributed by atoms with E-state index in [2.05, 4.69) is 5.32 Å². The van der Waals surface area contributed by atoms with Crippen LogP contribution in [0.4, 0.5) is 0 Å². The summed E-state index contributed by atoms with van der Waals surface area (Å²) in [5.74, 6) is -0.926. The smallest absolute Gasteiger partial charge is 0.349 e. The fraction of sp³-hybridized carbons (Fsp3) is 0.111. The minimum absolute atomic E-state index is 0.109. The van der Waals surface area contributed by atoms with E-state index in [0.29, 0.717) is 11.0 Å². The van der Waals surface area contributed by atoms with Gasteiger partial charge in [0.1, 0.15) is 11.1 Å². The van der Waals surface area contributed by atoms with Gasteiger partial charge in [-0.2, -0.15) is 0 Å². The molecule has 2 aromatic carbocycles. The van der Waals surface area contributed by atoms with Crippen LogP contribution in [0.2, 0.25) is 0 Å². The molecule has 0 aliphatic rings. The molecule has 0 atom stereocenters. The van der Waals surface area contributed by atoms with Crippen LogP contribution in [-0.4, -0.2) is 26.6 Å². The number of benzene rings is 2. The molecule has 128 valence electrons. The highest BCUT2D eigenvalue weighted by Crippen LogP contribution is 2.13. The van der Waals surface area contributed by atoms with Crippen LogP contribution in [0.5, 0.6) is 0 Å². The summed E-state index contributed by atoms with van der Waals surface area (Å²) in [5.41, 5.74) is -0.534. The molecule has 0 saturated heterocycles. The van der Waals surface area contributed by atoms with Gasteiger partial charge in [0.2, 0.25) is 0 Å². The Hall–Kier alpha value is -2.93. The van der Waals surface area contributed by atoms with Crippen molar-refractivity contribution >= 4 is 26.7 Å². The molecule has 3 aromatic rings. The number of carbonyl (C=O) groups is 1. The summed E-state index contributed by atoms with van der Waals surface area (Å²) in [4.78, 5) is 24.3. The van der Waals surface area contributed by atoms with Crippen molar-refractivity contribution in [2.45, 2.75) is 4.90 Å². The SMILES string of the molecule is O=C(NCCS(=O)(=O)c1ccccc1)c1cc2ccccc2oc1=O. The zero-order chi connectivity index (χ0) is 17.9. The Morgan fingerprint density at radius 2 is 1.68 bits per heavy atom. The van der Waals surface area contributed by atoms with E-state index in [9.17, 15) is 18.0 Å². The second-order valence-corrected chi connectivity index (χ2v) is 7.48. The molecule has 0 fully saturated rings. The third-order valence-electron chi connectivity index (χ3n) is 3.64. The number of hydrogen-bond acceptors (Lipinski definition) is 5. The van der Waals surface area contributed by atoms with E-state index in [1.54, 1.807) is 42.5 Å². The van der Waals surface area contributed by atoms with Gasteiger partial charge in [0, 0.05) is 11.9 Å². The highest BCUT2D eigenvalue weighted by atomic mass is 32.2. The van der Waals surface area contributed by atoms with E-state index in [1.807, 2.05) is 0 Å². The standard InChI is InChI=1S/C18H15NO5S/c20-17(15-12-13-6-4-5-9-16(13)24-18(15)21)19-10-11-25(22,23)14-7-2-1-3-8-14/h1-9,12H,10-11H2,(H,19,20). The molecule has 0 aliphatic carbocycles. The maximum atomic E-state index is 12.2. The molecule has 1 N–H and O–H groups in total. The van der Waals surface area contributed by atoms with Crippen LogP contribution in [0.1, 0.15) is 10.4 Å². The predicted molar refractivity (Wildman–Crippen MR) is 93.3 cm³/mol. The largest absolute Gasteiger partial charge is 0.422 e. The quantitative estimate of drug-likeness (QED) is 0.705. The lowest BCUT2D eigenvalue weighted by atomic mass is 10.2. The van der Waals surface area contributed by atoms with E-state index in [4.69, 9.17) is 4.42 Å². The first-order valence-electron chi connectivity index (χ1n) is 7.56. The lowest BCUT2D eigenvalue weighted by Crippen LogP contribution is -2.32. The van der Waals surface area contributed by atoms with Gasteiger partial charge in [0.05, 0.1) is 10.6 Å². The number of fused-ring (bicyclic) bond motifs is 1. The van der Waals surface area contributed by atoms with Crippen molar-refractivity contribution in [1.29, 1.82) is 0 Å². The van der Waals surface area contributed by atoms with Crippen molar-refractivity contribution in [2.24, 2.45) is 0 Å². The first kappa shape index (κ1) is 16.9. The van der Waals surface area contributed by atoms with Gasteiger partial charge < -0.3 is 9.73 Å². The molecule has 1 aromatic heterocycles. The van der Waals surface area contributed by atoms with E-state index in [0.717, 1.165) is 0 Å². The highest BCUT2D eigenvalue weighted by molar-refractivity contribution is 7.91. The van der Waals surface area contributed by atoms with Crippen molar-refractivity contribution in [3.8, 4) is 0 Å². The fourth-order valence-corrected chi connectivity index (χ4v) is 3.54. The average Bonchev–Trinajstić information content (AvgIpc) is 2.61. The molecule has 0 saturated carbocycles. The molecule has 7 heteroatoms. The number of nitrogens with one attached hydrogen (secondary N) is 1. The number of rotatable bonds is 5. The Kier molecular flexibility index (Phi) is 4.67. The molecule has 0 aliphatic heterocycles. The van der Waals surface area contributed by atoms with E-state index in [1.165, 1.54) is 18.2 Å². The van der Waals surface area contributed by atoms with Gasteiger partial charge in [-0.3, -0.25) is 4.79 Å². The number of hydrogen-bond donors (Lipinski definition) is 1.